The van der Waals surface area contributed by atoms with E-state index in [1.165, 1.54) is 6.20 Å². The second kappa shape index (κ2) is 5.37. The van der Waals surface area contributed by atoms with Gasteiger partial charge < -0.3 is 5.32 Å². The number of nitrogens with one attached hydrogen (secondary N) is 1. The molecule has 1 heterocycles. The molecular weight excluding hydrogens is 221 g/mol. The van der Waals surface area contributed by atoms with Gasteiger partial charge >= 0.3 is 0 Å². The standard InChI is InChI=1S/C9H13Cl2N3/c1-6(2)3-4-12-8-7(10)5-13-9(11)14-8/h5-6H,3-4H2,1-2H3,(H,12,13,14). The molecule has 0 amide bonds. The molecule has 78 valence electrons. The fourth-order valence-corrected chi connectivity index (χ4v) is 1.24. The summed E-state index contributed by atoms with van der Waals surface area (Å²) in [5, 5.41) is 3.83. The summed E-state index contributed by atoms with van der Waals surface area (Å²) in [4.78, 5) is 7.75. The van der Waals surface area contributed by atoms with Crippen LogP contribution in [0, 0.1) is 5.92 Å². The van der Waals surface area contributed by atoms with Crippen LogP contribution in [0.3, 0.4) is 0 Å². The van der Waals surface area contributed by atoms with Crippen molar-refractivity contribution >= 4 is 29.0 Å². The Labute approximate surface area is 93.9 Å². The van der Waals surface area contributed by atoms with Crippen LogP contribution in [-0.2, 0) is 0 Å². The lowest BCUT2D eigenvalue weighted by molar-refractivity contribution is 0.606. The van der Waals surface area contributed by atoms with Crippen molar-refractivity contribution in [3.8, 4) is 0 Å². The van der Waals surface area contributed by atoms with Crippen molar-refractivity contribution in [2.75, 3.05) is 11.9 Å². The monoisotopic (exact) mass is 233 g/mol. The van der Waals surface area contributed by atoms with Crippen molar-refractivity contribution in [2.45, 2.75) is 20.3 Å². The van der Waals surface area contributed by atoms with E-state index in [1.54, 1.807) is 0 Å². The molecular formula is C9H13Cl2N3. The Bertz CT molecular complexity index is 302. The molecule has 1 rings (SSSR count). The first kappa shape index (κ1) is 11.5. The second-order valence-electron chi connectivity index (χ2n) is 3.44. The number of hydrogen-bond acceptors (Lipinski definition) is 3. The molecule has 3 nitrogen and oxygen atoms in total. The third-order valence-electron chi connectivity index (χ3n) is 1.73. The van der Waals surface area contributed by atoms with Crippen LogP contribution >= 0.6 is 23.2 Å². The number of rotatable bonds is 4. The summed E-state index contributed by atoms with van der Waals surface area (Å²) in [6.45, 7) is 5.16. The van der Waals surface area contributed by atoms with Crippen LogP contribution in [-0.4, -0.2) is 16.5 Å². The highest BCUT2D eigenvalue weighted by atomic mass is 35.5. The maximum Gasteiger partial charge on any atom is 0.224 e. The molecule has 0 spiro atoms. The predicted molar refractivity (Wildman–Crippen MR) is 60.0 cm³/mol. The summed E-state index contributed by atoms with van der Waals surface area (Å²) in [6.07, 6.45) is 2.56. The third-order valence-corrected chi connectivity index (χ3v) is 2.19. The molecule has 0 bridgehead atoms. The van der Waals surface area contributed by atoms with Crippen molar-refractivity contribution in [1.29, 1.82) is 0 Å². The summed E-state index contributed by atoms with van der Waals surface area (Å²) in [6, 6.07) is 0. The van der Waals surface area contributed by atoms with Crippen LogP contribution in [0.2, 0.25) is 10.3 Å². The Balaban J connectivity index is 2.53. The highest BCUT2D eigenvalue weighted by Crippen LogP contribution is 2.19. The number of nitrogens with zero attached hydrogens (tertiary/aromatic N) is 2. The van der Waals surface area contributed by atoms with Crippen LogP contribution in [0.5, 0.6) is 0 Å². The molecule has 0 aromatic carbocycles. The molecule has 0 unspecified atom stereocenters. The molecule has 5 heteroatoms. The van der Waals surface area contributed by atoms with Crippen molar-refractivity contribution in [3.05, 3.63) is 16.5 Å². The Hall–Kier alpha value is -0.540. The fourth-order valence-electron chi connectivity index (χ4n) is 0.949. The predicted octanol–water partition coefficient (Wildman–Crippen LogP) is 3.24. The Morgan fingerprint density at radius 1 is 1.43 bits per heavy atom. The quantitative estimate of drug-likeness (QED) is 0.812. The maximum atomic E-state index is 5.87. The lowest BCUT2D eigenvalue weighted by Crippen LogP contribution is -2.07. The summed E-state index contributed by atoms with van der Waals surface area (Å²) >= 11 is 11.5. The van der Waals surface area contributed by atoms with E-state index in [9.17, 15) is 0 Å². The van der Waals surface area contributed by atoms with Gasteiger partial charge in [0.05, 0.1) is 6.20 Å². The van der Waals surface area contributed by atoms with Gasteiger partial charge in [-0.25, -0.2) is 4.98 Å². The van der Waals surface area contributed by atoms with Crippen LogP contribution < -0.4 is 5.32 Å². The van der Waals surface area contributed by atoms with Gasteiger partial charge in [-0.15, -0.1) is 0 Å². The zero-order valence-corrected chi connectivity index (χ0v) is 9.73. The minimum Gasteiger partial charge on any atom is -0.369 e. The lowest BCUT2D eigenvalue weighted by Gasteiger charge is -2.08. The second-order valence-corrected chi connectivity index (χ2v) is 4.19. The zero-order chi connectivity index (χ0) is 10.6. The topological polar surface area (TPSA) is 37.8 Å². The smallest absolute Gasteiger partial charge is 0.224 e. The van der Waals surface area contributed by atoms with Crippen molar-refractivity contribution in [2.24, 2.45) is 5.92 Å². The molecule has 0 saturated heterocycles. The Kier molecular flexibility index (Phi) is 4.42. The van der Waals surface area contributed by atoms with E-state index < -0.39 is 0 Å². The lowest BCUT2D eigenvalue weighted by atomic mass is 10.1. The van der Waals surface area contributed by atoms with Gasteiger partial charge in [0.15, 0.2) is 0 Å². The minimum absolute atomic E-state index is 0.210. The number of aromatic nitrogens is 2. The Morgan fingerprint density at radius 2 is 2.14 bits per heavy atom. The summed E-state index contributed by atoms with van der Waals surface area (Å²) in [5.74, 6) is 1.26. The highest BCUT2D eigenvalue weighted by Gasteiger charge is 2.03. The average molecular weight is 234 g/mol. The van der Waals surface area contributed by atoms with Crippen LogP contribution in [0.1, 0.15) is 20.3 Å². The number of hydrogen-bond donors (Lipinski definition) is 1. The first-order chi connectivity index (χ1) is 6.59. The zero-order valence-electron chi connectivity index (χ0n) is 8.22. The van der Waals surface area contributed by atoms with Crippen molar-refractivity contribution in [3.63, 3.8) is 0 Å². The van der Waals surface area contributed by atoms with Gasteiger partial charge in [-0.1, -0.05) is 25.4 Å². The van der Waals surface area contributed by atoms with Gasteiger partial charge in [0, 0.05) is 6.54 Å². The van der Waals surface area contributed by atoms with Gasteiger partial charge in [-0.05, 0) is 23.9 Å². The van der Waals surface area contributed by atoms with E-state index in [4.69, 9.17) is 23.2 Å². The van der Waals surface area contributed by atoms with Crippen molar-refractivity contribution in [1.82, 2.24) is 9.97 Å². The van der Waals surface area contributed by atoms with Crippen LogP contribution in [0.25, 0.3) is 0 Å². The molecule has 0 atom stereocenters. The molecule has 0 aliphatic rings. The van der Waals surface area contributed by atoms with Gasteiger partial charge in [0.1, 0.15) is 10.8 Å². The molecule has 0 aliphatic heterocycles. The van der Waals surface area contributed by atoms with Crippen molar-refractivity contribution < 1.29 is 0 Å². The number of anilines is 1. The first-order valence-electron chi connectivity index (χ1n) is 4.51. The molecule has 1 N–H and O–H groups in total. The van der Waals surface area contributed by atoms with Crippen LogP contribution in [0.4, 0.5) is 5.82 Å². The normalized spacial score (nSPS) is 10.6. The molecule has 14 heavy (non-hydrogen) atoms. The van der Waals surface area contributed by atoms with E-state index in [2.05, 4.69) is 29.1 Å². The maximum absolute atomic E-state index is 5.87. The largest absolute Gasteiger partial charge is 0.369 e. The fraction of sp³-hybridized carbons (Fsp3) is 0.556. The minimum atomic E-state index is 0.210. The number of halogens is 2. The van der Waals surface area contributed by atoms with E-state index in [1.807, 2.05) is 0 Å². The summed E-state index contributed by atoms with van der Waals surface area (Å²) in [5.41, 5.74) is 0. The molecule has 1 aromatic heterocycles. The van der Waals surface area contributed by atoms with E-state index in [0.717, 1.165) is 13.0 Å². The van der Waals surface area contributed by atoms with E-state index in [0.29, 0.717) is 16.8 Å². The highest BCUT2D eigenvalue weighted by molar-refractivity contribution is 6.33. The Morgan fingerprint density at radius 3 is 2.79 bits per heavy atom. The summed E-state index contributed by atoms with van der Waals surface area (Å²) < 4.78 is 0. The van der Waals surface area contributed by atoms with Gasteiger partial charge in [0.2, 0.25) is 5.28 Å². The summed E-state index contributed by atoms with van der Waals surface area (Å²) in [7, 11) is 0. The molecule has 0 aliphatic carbocycles. The van der Waals surface area contributed by atoms with Gasteiger partial charge in [0.25, 0.3) is 0 Å². The SMILES string of the molecule is CC(C)CCNc1nc(Cl)ncc1Cl. The molecule has 0 fully saturated rings. The average Bonchev–Trinajstić information content (AvgIpc) is 2.10. The first-order valence-corrected chi connectivity index (χ1v) is 5.27. The third kappa shape index (κ3) is 3.68. The van der Waals surface area contributed by atoms with Crippen LogP contribution in [0.15, 0.2) is 6.20 Å². The molecule has 0 saturated carbocycles. The molecule has 1 aromatic rings. The van der Waals surface area contributed by atoms with E-state index >= 15 is 0 Å². The van der Waals surface area contributed by atoms with Gasteiger partial charge in [-0.2, -0.15) is 4.98 Å². The molecule has 0 radical (unpaired) electrons. The van der Waals surface area contributed by atoms with Gasteiger partial charge in [-0.3, -0.25) is 0 Å². The van der Waals surface area contributed by atoms with E-state index in [-0.39, 0.29) is 5.28 Å².